The third-order valence-corrected chi connectivity index (χ3v) is 3.78. The van der Waals surface area contributed by atoms with Crippen LogP contribution in [0.25, 0.3) is 11.6 Å². The molecule has 0 saturated heterocycles. The zero-order valence-electron chi connectivity index (χ0n) is 10.7. The minimum atomic E-state index is -0.123. The van der Waals surface area contributed by atoms with Crippen molar-refractivity contribution < 1.29 is 4.79 Å². The molecule has 4 heteroatoms. The molecule has 0 saturated carbocycles. The first-order valence-electron chi connectivity index (χ1n) is 6.14. The van der Waals surface area contributed by atoms with Crippen LogP contribution in [-0.2, 0) is 4.79 Å². The molecule has 0 fully saturated rings. The maximum absolute atomic E-state index is 12.1. The lowest BCUT2D eigenvalue weighted by atomic mass is 10.0. The Kier molecular flexibility index (Phi) is 3.28. The standard InChI is InChI=1S/C16H11Cl2NO/c1-9-2-3-11(17)6-10(9)7-14-13-5-4-12(18)8-15(13)19-16(14)20/h2-8H,1H3,(H,19,20). The van der Waals surface area contributed by atoms with E-state index in [4.69, 9.17) is 23.2 Å². The predicted octanol–water partition coefficient (Wildman–Crippen LogP) is 4.79. The van der Waals surface area contributed by atoms with Gasteiger partial charge < -0.3 is 5.32 Å². The quantitative estimate of drug-likeness (QED) is 0.754. The number of amides is 1. The molecule has 0 unspecified atom stereocenters. The molecule has 1 N–H and O–H groups in total. The number of aryl methyl sites for hydroxylation is 1. The Bertz CT molecular complexity index is 750. The van der Waals surface area contributed by atoms with E-state index < -0.39 is 0 Å². The molecule has 1 amide bonds. The number of benzene rings is 2. The molecule has 1 aliphatic heterocycles. The molecule has 2 aromatic rings. The fourth-order valence-corrected chi connectivity index (χ4v) is 2.59. The normalized spacial score (nSPS) is 15.3. The maximum Gasteiger partial charge on any atom is 0.256 e. The van der Waals surface area contributed by atoms with Crippen molar-refractivity contribution in [3.63, 3.8) is 0 Å². The van der Waals surface area contributed by atoms with Crippen LogP contribution in [0.3, 0.4) is 0 Å². The number of nitrogens with one attached hydrogen (secondary N) is 1. The van der Waals surface area contributed by atoms with Crippen molar-refractivity contribution in [3.8, 4) is 0 Å². The third kappa shape index (κ3) is 2.33. The largest absolute Gasteiger partial charge is 0.321 e. The van der Waals surface area contributed by atoms with Gasteiger partial charge in [-0.05, 0) is 48.4 Å². The molecule has 2 nitrogen and oxygen atoms in total. The summed E-state index contributed by atoms with van der Waals surface area (Å²) in [7, 11) is 0. The van der Waals surface area contributed by atoms with Crippen LogP contribution >= 0.6 is 23.2 Å². The number of anilines is 1. The summed E-state index contributed by atoms with van der Waals surface area (Å²) in [5, 5.41) is 4.07. The van der Waals surface area contributed by atoms with Gasteiger partial charge in [-0.2, -0.15) is 0 Å². The summed E-state index contributed by atoms with van der Waals surface area (Å²) in [6.45, 7) is 1.98. The maximum atomic E-state index is 12.1. The van der Waals surface area contributed by atoms with Gasteiger partial charge in [0.05, 0.1) is 5.69 Å². The first-order chi connectivity index (χ1) is 9.54. The topological polar surface area (TPSA) is 29.1 Å². The van der Waals surface area contributed by atoms with E-state index in [1.165, 1.54) is 0 Å². The molecule has 2 aromatic carbocycles. The zero-order valence-corrected chi connectivity index (χ0v) is 12.2. The van der Waals surface area contributed by atoms with Crippen molar-refractivity contribution in [2.24, 2.45) is 0 Å². The second-order valence-electron chi connectivity index (χ2n) is 4.70. The summed E-state index contributed by atoms with van der Waals surface area (Å²) < 4.78 is 0. The van der Waals surface area contributed by atoms with E-state index in [1.54, 1.807) is 12.1 Å². The number of carbonyl (C=O) groups excluding carboxylic acids is 1. The van der Waals surface area contributed by atoms with Gasteiger partial charge in [0.2, 0.25) is 0 Å². The van der Waals surface area contributed by atoms with Gasteiger partial charge in [0.25, 0.3) is 5.91 Å². The lowest BCUT2D eigenvalue weighted by Crippen LogP contribution is -2.03. The van der Waals surface area contributed by atoms with Crippen LogP contribution in [0.4, 0.5) is 5.69 Å². The molecule has 20 heavy (non-hydrogen) atoms. The summed E-state index contributed by atoms with van der Waals surface area (Å²) in [6.07, 6.45) is 1.86. The van der Waals surface area contributed by atoms with Crippen molar-refractivity contribution in [3.05, 3.63) is 63.1 Å². The highest BCUT2D eigenvalue weighted by Crippen LogP contribution is 2.35. The van der Waals surface area contributed by atoms with Crippen LogP contribution in [0, 0.1) is 6.92 Å². The Labute approximate surface area is 127 Å². The first kappa shape index (κ1) is 13.2. The average molecular weight is 304 g/mol. The van der Waals surface area contributed by atoms with Crippen molar-refractivity contribution in [1.82, 2.24) is 0 Å². The Morgan fingerprint density at radius 1 is 1.05 bits per heavy atom. The molecule has 0 spiro atoms. The van der Waals surface area contributed by atoms with E-state index in [0.29, 0.717) is 15.6 Å². The van der Waals surface area contributed by atoms with Gasteiger partial charge in [-0.3, -0.25) is 4.79 Å². The zero-order chi connectivity index (χ0) is 14.3. The lowest BCUT2D eigenvalue weighted by molar-refractivity contribution is -0.110. The lowest BCUT2D eigenvalue weighted by Gasteiger charge is -2.03. The van der Waals surface area contributed by atoms with Crippen molar-refractivity contribution in [2.45, 2.75) is 6.92 Å². The van der Waals surface area contributed by atoms with E-state index in [2.05, 4.69) is 5.32 Å². The van der Waals surface area contributed by atoms with E-state index >= 15 is 0 Å². The Morgan fingerprint density at radius 2 is 1.75 bits per heavy atom. The van der Waals surface area contributed by atoms with Crippen LogP contribution in [-0.4, -0.2) is 5.91 Å². The highest BCUT2D eigenvalue weighted by molar-refractivity contribution is 6.36. The summed E-state index contributed by atoms with van der Waals surface area (Å²) >= 11 is 11.9. The summed E-state index contributed by atoms with van der Waals surface area (Å²) in [4.78, 5) is 12.1. The highest BCUT2D eigenvalue weighted by Gasteiger charge is 2.24. The SMILES string of the molecule is Cc1ccc(Cl)cc1C=C1C(=O)Nc2cc(Cl)ccc21. The van der Waals surface area contributed by atoms with Gasteiger partial charge in [0.1, 0.15) is 0 Å². The minimum Gasteiger partial charge on any atom is -0.321 e. The average Bonchev–Trinajstić information content (AvgIpc) is 2.69. The smallest absolute Gasteiger partial charge is 0.256 e. The number of halogens is 2. The molecule has 3 rings (SSSR count). The van der Waals surface area contributed by atoms with Gasteiger partial charge >= 0.3 is 0 Å². The van der Waals surface area contributed by atoms with E-state index in [0.717, 1.165) is 22.4 Å². The molecular formula is C16H11Cl2NO. The van der Waals surface area contributed by atoms with Crippen LogP contribution in [0.1, 0.15) is 16.7 Å². The van der Waals surface area contributed by atoms with Crippen LogP contribution < -0.4 is 5.32 Å². The summed E-state index contributed by atoms with van der Waals surface area (Å²) in [5.41, 5.74) is 4.23. The fourth-order valence-electron chi connectivity index (χ4n) is 2.23. The van der Waals surface area contributed by atoms with E-state index in [9.17, 15) is 4.79 Å². The van der Waals surface area contributed by atoms with Crippen molar-refractivity contribution in [1.29, 1.82) is 0 Å². The summed E-state index contributed by atoms with van der Waals surface area (Å²) in [6, 6.07) is 11.0. The molecule has 0 aromatic heterocycles. The highest BCUT2D eigenvalue weighted by atomic mass is 35.5. The Hall–Kier alpha value is -1.77. The predicted molar refractivity (Wildman–Crippen MR) is 84.1 cm³/mol. The van der Waals surface area contributed by atoms with Crippen molar-refractivity contribution in [2.75, 3.05) is 5.32 Å². The van der Waals surface area contributed by atoms with Gasteiger partial charge in [0, 0.05) is 21.2 Å². The third-order valence-electron chi connectivity index (χ3n) is 3.31. The number of carbonyl (C=O) groups is 1. The molecule has 0 atom stereocenters. The minimum absolute atomic E-state index is 0.123. The molecule has 100 valence electrons. The molecule has 1 aliphatic rings. The molecular weight excluding hydrogens is 293 g/mol. The number of rotatable bonds is 1. The molecule has 0 radical (unpaired) electrons. The number of hydrogen-bond donors (Lipinski definition) is 1. The number of fused-ring (bicyclic) bond motifs is 1. The van der Waals surface area contributed by atoms with Gasteiger partial charge in [0.15, 0.2) is 0 Å². The van der Waals surface area contributed by atoms with Crippen LogP contribution in [0.2, 0.25) is 10.0 Å². The monoisotopic (exact) mass is 303 g/mol. The van der Waals surface area contributed by atoms with Crippen LogP contribution in [0.5, 0.6) is 0 Å². The van der Waals surface area contributed by atoms with E-state index in [-0.39, 0.29) is 5.91 Å². The van der Waals surface area contributed by atoms with Gasteiger partial charge in [-0.15, -0.1) is 0 Å². The fraction of sp³-hybridized carbons (Fsp3) is 0.0625. The van der Waals surface area contributed by atoms with E-state index in [1.807, 2.05) is 37.3 Å². The van der Waals surface area contributed by atoms with Gasteiger partial charge in [-0.25, -0.2) is 0 Å². The van der Waals surface area contributed by atoms with Gasteiger partial charge in [-0.1, -0.05) is 35.3 Å². The van der Waals surface area contributed by atoms with Crippen molar-refractivity contribution >= 4 is 46.4 Å². The van der Waals surface area contributed by atoms with Crippen LogP contribution in [0.15, 0.2) is 36.4 Å². The molecule has 0 bridgehead atoms. The number of hydrogen-bond acceptors (Lipinski definition) is 1. The second-order valence-corrected chi connectivity index (χ2v) is 5.58. The Morgan fingerprint density at radius 3 is 2.55 bits per heavy atom. The first-order valence-corrected chi connectivity index (χ1v) is 6.89. The second kappa shape index (κ2) is 4.97. The molecule has 1 heterocycles. The molecule has 0 aliphatic carbocycles. The Balaban J connectivity index is 2.13. The summed E-state index contributed by atoms with van der Waals surface area (Å²) in [5.74, 6) is -0.123.